The lowest BCUT2D eigenvalue weighted by molar-refractivity contribution is 0.0987. The highest BCUT2D eigenvalue weighted by atomic mass is 35.5. The average molecular weight is 252 g/mol. The number of hydrogen-bond acceptors (Lipinski definition) is 3. The molecule has 17 heavy (non-hydrogen) atoms. The number of hydrogen-bond donors (Lipinski definition) is 1. The molecule has 3 rings (SSSR count). The van der Waals surface area contributed by atoms with Gasteiger partial charge in [0, 0.05) is 18.1 Å². The van der Waals surface area contributed by atoms with Crippen LogP contribution in [0.15, 0.2) is 18.3 Å². The molecule has 2 aromatic rings. The van der Waals surface area contributed by atoms with E-state index in [0.29, 0.717) is 11.2 Å². The summed E-state index contributed by atoms with van der Waals surface area (Å²) in [4.78, 5) is 9.89. The molecule has 1 fully saturated rings. The van der Waals surface area contributed by atoms with Gasteiger partial charge < -0.3 is 14.6 Å². The van der Waals surface area contributed by atoms with Crippen molar-refractivity contribution >= 4 is 28.3 Å². The van der Waals surface area contributed by atoms with Gasteiger partial charge in [0.15, 0.2) is 0 Å². The maximum atomic E-state index is 6.06. The molecule has 5 heteroatoms. The van der Waals surface area contributed by atoms with Crippen molar-refractivity contribution in [2.75, 3.05) is 24.7 Å². The summed E-state index contributed by atoms with van der Waals surface area (Å²) in [6.07, 6.45) is 1.91. The summed E-state index contributed by atoms with van der Waals surface area (Å²) in [6.45, 7) is 4.47. The highest BCUT2D eigenvalue weighted by molar-refractivity contribution is 6.30. The van der Waals surface area contributed by atoms with Gasteiger partial charge in [0.1, 0.15) is 11.0 Å². The van der Waals surface area contributed by atoms with Gasteiger partial charge in [-0.3, -0.25) is 0 Å². The Balaban J connectivity index is 2.11. The van der Waals surface area contributed by atoms with E-state index in [1.165, 1.54) is 0 Å². The molecule has 1 atom stereocenters. The van der Waals surface area contributed by atoms with E-state index in [4.69, 9.17) is 16.3 Å². The first-order valence-electron chi connectivity index (χ1n) is 5.74. The van der Waals surface area contributed by atoms with E-state index < -0.39 is 0 Å². The fourth-order valence-corrected chi connectivity index (χ4v) is 2.46. The van der Waals surface area contributed by atoms with E-state index >= 15 is 0 Å². The molecule has 1 N–H and O–H groups in total. The number of pyridine rings is 1. The van der Waals surface area contributed by atoms with Crippen LogP contribution in [0.5, 0.6) is 0 Å². The lowest BCUT2D eigenvalue weighted by atomic mass is 10.2. The van der Waals surface area contributed by atoms with E-state index in [9.17, 15) is 0 Å². The average Bonchev–Trinajstić information content (AvgIpc) is 2.76. The number of nitrogens with zero attached hydrogens (tertiary/aromatic N) is 2. The lowest BCUT2D eigenvalue weighted by Gasteiger charge is -2.34. The third-order valence-corrected chi connectivity index (χ3v) is 3.33. The number of ether oxygens (including phenoxy) is 1. The smallest absolute Gasteiger partial charge is 0.140 e. The normalized spacial score (nSPS) is 21.1. The maximum absolute atomic E-state index is 6.06. The van der Waals surface area contributed by atoms with Crippen LogP contribution >= 0.6 is 11.6 Å². The van der Waals surface area contributed by atoms with Crippen LogP contribution < -0.4 is 4.90 Å². The predicted octanol–water partition coefficient (Wildman–Crippen LogP) is 2.44. The van der Waals surface area contributed by atoms with Gasteiger partial charge in [0.05, 0.1) is 24.8 Å². The number of anilines is 1. The van der Waals surface area contributed by atoms with Crippen LogP contribution in [0, 0.1) is 0 Å². The summed E-state index contributed by atoms with van der Waals surface area (Å²) >= 11 is 6.06. The van der Waals surface area contributed by atoms with Crippen LogP contribution in [0.2, 0.25) is 5.15 Å². The number of fused-ring (bicyclic) bond motifs is 1. The molecule has 1 aliphatic heterocycles. The molecule has 1 unspecified atom stereocenters. The predicted molar refractivity (Wildman–Crippen MR) is 68.7 cm³/mol. The Morgan fingerprint density at radius 1 is 1.59 bits per heavy atom. The second-order valence-corrected chi connectivity index (χ2v) is 4.71. The second kappa shape index (κ2) is 4.20. The Bertz CT molecular complexity index is 540. The van der Waals surface area contributed by atoms with E-state index in [1.54, 1.807) is 0 Å². The van der Waals surface area contributed by atoms with E-state index in [0.717, 1.165) is 36.5 Å². The third kappa shape index (κ3) is 1.87. The summed E-state index contributed by atoms with van der Waals surface area (Å²) in [5.41, 5.74) is 1.03. The number of halogens is 1. The summed E-state index contributed by atoms with van der Waals surface area (Å²) in [5.74, 6) is 0.949. The minimum Gasteiger partial charge on any atom is -0.377 e. The molecule has 3 heterocycles. The number of aromatic nitrogens is 2. The Morgan fingerprint density at radius 3 is 3.29 bits per heavy atom. The topological polar surface area (TPSA) is 41.1 Å². The molecule has 90 valence electrons. The van der Waals surface area contributed by atoms with Crippen molar-refractivity contribution in [3.05, 3.63) is 23.5 Å². The van der Waals surface area contributed by atoms with Gasteiger partial charge in [-0.1, -0.05) is 11.6 Å². The van der Waals surface area contributed by atoms with Gasteiger partial charge in [-0.15, -0.1) is 0 Å². The highest BCUT2D eigenvalue weighted by Crippen LogP contribution is 2.28. The Labute approximate surface area is 105 Å². The van der Waals surface area contributed by atoms with Crippen molar-refractivity contribution < 1.29 is 4.74 Å². The first-order chi connectivity index (χ1) is 8.25. The zero-order valence-corrected chi connectivity index (χ0v) is 10.4. The molecule has 1 aliphatic rings. The molecule has 0 bridgehead atoms. The molecule has 0 aromatic carbocycles. The SMILES string of the molecule is CC1COCCN1c1nc(Cl)cc2[nH]ccc12. The van der Waals surface area contributed by atoms with Gasteiger partial charge in [-0.05, 0) is 19.1 Å². The van der Waals surface area contributed by atoms with E-state index in [-0.39, 0.29) is 0 Å². The van der Waals surface area contributed by atoms with Crippen molar-refractivity contribution in [1.82, 2.24) is 9.97 Å². The highest BCUT2D eigenvalue weighted by Gasteiger charge is 2.22. The minimum absolute atomic E-state index is 0.327. The maximum Gasteiger partial charge on any atom is 0.140 e. The zero-order chi connectivity index (χ0) is 11.8. The largest absolute Gasteiger partial charge is 0.377 e. The van der Waals surface area contributed by atoms with Gasteiger partial charge >= 0.3 is 0 Å². The molecule has 0 spiro atoms. The van der Waals surface area contributed by atoms with Crippen LogP contribution in [0.4, 0.5) is 5.82 Å². The molecule has 0 amide bonds. The van der Waals surface area contributed by atoms with Crippen LogP contribution in [0.25, 0.3) is 10.9 Å². The molecule has 4 nitrogen and oxygen atoms in total. The third-order valence-electron chi connectivity index (χ3n) is 3.14. The first-order valence-corrected chi connectivity index (χ1v) is 6.11. The van der Waals surface area contributed by atoms with Gasteiger partial charge in [-0.25, -0.2) is 4.98 Å². The minimum atomic E-state index is 0.327. The lowest BCUT2D eigenvalue weighted by Crippen LogP contribution is -2.44. The van der Waals surface area contributed by atoms with Gasteiger partial charge in [0.2, 0.25) is 0 Å². The molecule has 0 radical (unpaired) electrons. The summed E-state index contributed by atoms with van der Waals surface area (Å²) in [6, 6.07) is 4.22. The molecular formula is C12H14ClN3O. The number of nitrogens with one attached hydrogen (secondary N) is 1. The fourth-order valence-electron chi connectivity index (χ4n) is 2.27. The Hall–Kier alpha value is -1.26. The van der Waals surface area contributed by atoms with Crippen LogP contribution in [0.1, 0.15) is 6.92 Å². The van der Waals surface area contributed by atoms with Gasteiger partial charge in [-0.2, -0.15) is 0 Å². The number of morpholine rings is 1. The Morgan fingerprint density at radius 2 is 2.47 bits per heavy atom. The zero-order valence-electron chi connectivity index (χ0n) is 9.61. The fraction of sp³-hybridized carbons (Fsp3) is 0.417. The number of rotatable bonds is 1. The second-order valence-electron chi connectivity index (χ2n) is 4.32. The van der Waals surface area contributed by atoms with Crippen molar-refractivity contribution in [2.45, 2.75) is 13.0 Å². The molecule has 0 aliphatic carbocycles. The monoisotopic (exact) mass is 251 g/mol. The summed E-state index contributed by atoms with van der Waals surface area (Å²) in [5, 5.41) is 1.64. The van der Waals surface area contributed by atoms with Gasteiger partial charge in [0.25, 0.3) is 0 Å². The first kappa shape index (κ1) is 10.9. The van der Waals surface area contributed by atoms with Crippen LogP contribution in [-0.2, 0) is 4.74 Å². The van der Waals surface area contributed by atoms with E-state index in [2.05, 4.69) is 21.8 Å². The molecular weight excluding hydrogens is 238 g/mol. The van der Waals surface area contributed by atoms with Crippen molar-refractivity contribution in [3.63, 3.8) is 0 Å². The molecule has 1 saturated heterocycles. The quantitative estimate of drug-likeness (QED) is 0.792. The summed E-state index contributed by atoms with van der Waals surface area (Å²) in [7, 11) is 0. The van der Waals surface area contributed by atoms with Crippen molar-refractivity contribution in [2.24, 2.45) is 0 Å². The van der Waals surface area contributed by atoms with Crippen molar-refractivity contribution in [1.29, 1.82) is 0 Å². The Kier molecular flexibility index (Phi) is 2.68. The number of H-pyrrole nitrogens is 1. The van der Waals surface area contributed by atoms with Crippen molar-refractivity contribution in [3.8, 4) is 0 Å². The van der Waals surface area contributed by atoms with Crippen LogP contribution in [-0.4, -0.2) is 35.8 Å². The van der Waals surface area contributed by atoms with E-state index in [1.807, 2.05) is 18.3 Å². The van der Waals surface area contributed by atoms with Crippen LogP contribution in [0.3, 0.4) is 0 Å². The molecule has 2 aromatic heterocycles. The summed E-state index contributed by atoms with van der Waals surface area (Å²) < 4.78 is 5.45. The molecule has 0 saturated carbocycles. The number of aromatic amines is 1. The standard InChI is InChI=1S/C12H14ClN3O/c1-8-7-17-5-4-16(8)12-9-2-3-14-10(9)6-11(13)15-12/h2-3,6,8,14H,4-5,7H2,1H3.